The molecule has 4 rings (SSSR count). The monoisotopic (exact) mass is 510 g/mol. The lowest BCUT2D eigenvalue weighted by Crippen LogP contribution is -2.56. The van der Waals surface area contributed by atoms with Crippen molar-refractivity contribution in [1.82, 2.24) is 19.9 Å². The number of anilines is 2. The van der Waals surface area contributed by atoms with Crippen LogP contribution in [0, 0.1) is 11.3 Å². The van der Waals surface area contributed by atoms with E-state index in [1.54, 1.807) is 30.3 Å². The molecule has 0 aliphatic carbocycles. The molecule has 0 radical (unpaired) electrons. The van der Waals surface area contributed by atoms with Gasteiger partial charge in [0.2, 0.25) is 11.8 Å². The number of nitriles is 1. The highest BCUT2D eigenvalue weighted by Gasteiger charge is 2.48. The number of methoxy groups -OCH3 is 1. The molecule has 2 atom stereocenters. The Hall–Kier alpha value is -4.37. The van der Waals surface area contributed by atoms with Gasteiger partial charge < -0.3 is 24.8 Å². The molecule has 1 aliphatic heterocycles. The number of aliphatic hydroxyl groups is 1. The average Bonchev–Trinajstić information content (AvgIpc) is 2.89. The molecule has 2 N–H and O–H groups in total. The molecule has 192 valence electrons. The fourth-order valence-electron chi connectivity index (χ4n) is 3.84. The van der Waals surface area contributed by atoms with Gasteiger partial charge >= 0.3 is 5.92 Å². The van der Waals surface area contributed by atoms with Crippen LogP contribution in [-0.4, -0.2) is 69.2 Å². The lowest BCUT2D eigenvalue weighted by molar-refractivity contribution is -0.165. The number of piperidine rings is 1. The number of aliphatic hydroxyl groups excluding tert-OH is 1. The minimum absolute atomic E-state index is 0.000729. The summed E-state index contributed by atoms with van der Waals surface area (Å²) >= 11 is 0. The fraction of sp³-hybridized carbons (Fsp3) is 0.320. The molecule has 1 aliphatic rings. The molecule has 2 aromatic heterocycles. The van der Waals surface area contributed by atoms with Crippen LogP contribution in [0.4, 0.5) is 20.5 Å². The third-order valence-electron chi connectivity index (χ3n) is 5.70. The molecule has 1 aromatic carbocycles. The number of benzene rings is 1. The SMILES string of the molecule is COc1cccc(Nc2nccc(-c3ccc(O[C@@H]4CCN(C(=O)C(C)O)CC4(F)F)c(C#N)c3)n2)n1. The number of ether oxygens (including phenoxy) is 2. The summed E-state index contributed by atoms with van der Waals surface area (Å²) < 4.78 is 40.2. The van der Waals surface area contributed by atoms with Crippen LogP contribution in [0.5, 0.6) is 11.6 Å². The van der Waals surface area contributed by atoms with Gasteiger partial charge in [0.15, 0.2) is 6.10 Å². The van der Waals surface area contributed by atoms with E-state index in [4.69, 9.17) is 9.47 Å². The number of aromatic nitrogens is 3. The van der Waals surface area contributed by atoms with E-state index in [1.807, 2.05) is 6.07 Å². The Morgan fingerprint density at radius 3 is 2.81 bits per heavy atom. The largest absolute Gasteiger partial charge is 0.483 e. The fourth-order valence-corrected chi connectivity index (χ4v) is 3.84. The quantitative estimate of drug-likeness (QED) is 0.492. The Morgan fingerprint density at radius 1 is 1.30 bits per heavy atom. The van der Waals surface area contributed by atoms with E-state index in [0.717, 1.165) is 4.90 Å². The van der Waals surface area contributed by atoms with Crippen LogP contribution in [0.15, 0.2) is 48.7 Å². The van der Waals surface area contributed by atoms with Crippen LogP contribution < -0.4 is 14.8 Å². The van der Waals surface area contributed by atoms with Crippen molar-refractivity contribution in [3.05, 3.63) is 54.2 Å². The Kier molecular flexibility index (Phi) is 7.45. The Bertz CT molecular complexity index is 1330. The Morgan fingerprint density at radius 2 is 2.11 bits per heavy atom. The molecule has 12 heteroatoms. The molecule has 0 spiro atoms. The van der Waals surface area contributed by atoms with E-state index in [1.165, 1.54) is 32.4 Å². The van der Waals surface area contributed by atoms with Gasteiger partial charge in [0.05, 0.1) is 24.9 Å². The number of likely N-dealkylation sites (tertiary alicyclic amines) is 1. The van der Waals surface area contributed by atoms with Gasteiger partial charge in [-0.1, -0.05) is 6.07 Å². The molecule has 0 bridgehead atoms. The van der Waals surface area contributed by atoms with Crippen molar-refractivity contribution >= 4 is 17.7 Å². The summed E-state index contributed by atoms with van der Waals surface area (Å²) in [4.78, 5) is 25.7. The first kappa shape index (κ1) is 25.7. The van der Waals surface area contributed by atoms with Gasteiger partial charge in [-0.15, -0.1) is 0 Å². The predicted octanol–water partition coefficient (Wildman–Crippen LogP) is 3.16. The summed E-state index contributed by atoms with van der Waals surface area (Å²) in [5.41, 5.74) is 1.09. The van der Waals surface area contributed by atoms with Crippen LogP contribution in [0.25, 0.3) is 11.3 Å². The number of amides is 1. The maximum absolute atomic E-state index is 14.8. The van der Waals surface area contributed by atoms with E-state index in [2.05, 4.69) is 20.3 Å². The van der Waals surface area contributed by atoms with Crippen LogP contribution in [-0.2, 0) is 4.79 Å². The average molecular weight is 511 g/mol. The summed E-state index contributed by atoms with van der Waals surface area (Å²) in [5.74, 6) is -2.98. The third-order valence-corrected chi connectivity index (χ3v) is 5.70. The summed E-state index contributed by atoms with van der Waals surface area (Å²) in [6.45, 7) is 0.360. The number of carbonyl (C=O) groups excluding carboxylic acids is 1. The van der Waals surface area contributed by atoms with Gasteiger partial charge in [-0.05, 0) is 37.3 Å². The minimum atomic E-state index is -3.37. The van der Waals surface area contributed by atoms with Crippen molar-refractivity contribution in [1.29, 1.82) is 5.26 Å². The molecule has 37 heavy (non-hydrogen) atoms. The standard InChI is InChI=1S/C25H24F2N6O4/c1-15(34)23(35)33-11-9-20(25(26,27)14-33)37-19-7-6-16(12-17(19)13-28)18-8-10-29-24(30-18)32-21-4-3-5-22(31-21)36-2/h3-8,10,12,15,20,34H,9,11,14H2,1-2H3,(H,29,30,31,32)/t15?,20-/m1/s1. The van der Waals surface area contributed by atoms with Gasteiger partial charge in [-0.2, -0.15) is 10.2 Å². The molecule has 10 nitrogen and oxygen atoms in total. The van der Waals surface area contributed by atoms with Crippen LogP contribution in [0.1, 0.15) is 18.9 Å². The second-order valence-electron chi connectivity index (χ2n) is 8.37. The van der Waals surface area contributed by atoms with E-state index in [-0.39, 0.29) is 30.2 Å². The number of pyridine rings is 1. The summed E-state index contributed by atoms with van der Waals surface area (Å²) in [6, 6.07) is 13.3. The lowest BCUT2D eigenvalue weighted by Gasteiger charge is -2.38. The molecule has 3 heterocycles. The number of rotatable bonds is 7. The summed E-state index contributed by atoms with van der Waals surface area (Å²) in [7, 11) is 1.51. The number of nitrogens with one attached hydrogen (secondary N) is 1. The second kappa shape index (κ2) is 10.7. The molecule has 1 fully saturated rings. The van der Waals surface area contributed by atoms with Crippen molar-refractivity contribution < 1.29 is 28.2 Å². The van der Waals surface area contributed by atoms with E-state index in [9.17, 15) is 23.9 Å². The number of alkyl halides is 2. The predicted molar refractivity (Wildman–Crippen MR) is 128 cm³/mol. The van der Waals surface area contributed by atoms with Crippen molar-refractivity contribution in [2.45, 2.75) is 31.5 Å². The number of halogens is 2. The minimum Gasteiger partial charge on any atom is -0.483 e. The van der Waals surface area contributed by atoms with Crippen LogP contribution >= 0.6 is 0 Å². The molecular weight excluding hydrogens is 486 g/mol. The third kappa shape index (κ3) is 5.90. The first-order chi connectivity index (χ1) is 17.7. The number of nitrogens with zero attached hydrogens (tertiary/aromatic N) is 5. The summed E-state index contributed by atoms with van der Waals surface area (Å²) in [5, 5.41) is 22.1. The lowest BCUT2D eigenvalue weighted by atomic mass is 10.0. The molecular formula is C25H24F2N6O4. The molecule has 1 unspecified atom stereocenters. The molecule has 1 saturated heterocycles. The van der Waals surface area contributed by atoms with Crippen LogP contribution in [0.2, 0.25) is 0 Å². The van der Waals surface area contributed by atoms with Crippen molar-refractivity contribution in [3.63, 3.8) is 0 Å². The van der Waals surface area contributed by atoms with E-state index >= 15 is 0 Å². The van der Waals surface area contributed by atoms with E-state index in [0.29, 0.717) is 23.0 Å². The van der Waals surface area contributed by atoms with Gasteiger partial charge in [-0.3, -0.25) is 4.79 Å². The van der Waals surface area contributed by atoms with E-state index < -0.39 is 30.6 Å². The highest BCUT2D eigenvalue weighted by molar-refractivity contribution is 5.80. The number of hydrogen-bond acceptors (Lipinski definition) is 9. The Labute approximate surface area is 211 Å². The van der Waals surface area contributed by atoms with Crippen molar-refractivity contribution in [3.8, 4) is 29.0 Å². The number of carbonyl (C=O) groups is 1. The summed E-state index contributed by atoms with van der Waals surface area (Å²) in [6.07, 6.45) is -1.52. The normalized spacial score (nSPS) is 17.4. The van der Waals surface area contributed by atoms with Gasteiger partial charge in [0.1, 0.15) is 23.7 Å². The maximum atomic E-state index is 14.8. The van der Waals surface area contributed by atoms with Crippen molar-refractivity contribution in [2.75, 3.05) is 25.5 Å². The maximum Gasteiger partial charge on any atom is 0.301 e. The van der Waals surface area contributed by atoms with Gasteiger partial charge in [0.25, 0.3) is 5.91 Å². The number of hydrogen-bond donors (Lipinski definition) is 2. The first-order valence-electron chi connectivity index (χ1n) is 11.4. The molecule has 0 saturated carbocycles. The zero-order valence-corrected chi connectivity index (χ0v) is 20.1. The topological polar surface area (TPSA) is 133 Å². The van der Waals surface area contributed by atoms with Crippen LogP contribution in [0.3, 0.4) is 0 Å². The van der Waals surface area contributed by atoms with Gasteiger partial charge in [0, 0.05) is 30.8 Å². The molecule has 1 amide bonds. The zero-order chi connectivity index (χ0) is 26.6. The Balaban J connectivity index is 1.51. The highest BCUT2D eigenvalue weighted by Crippen LogP contribution is 2.34. The molecule has 3 aromatic rings. The highest BCUT2D eigenvalue weighted by atomic mass is 19.3. The zero-order valence-electron chi connectivity index (χ0n) is 20.1. The first-order valence-corrected chi connectivity index (χ1v) is 11.4. The van der Waals surface area contributed by atoms with Gasteiger partial charge in [-0.25, -0.2) is 18.7 Å². The smallest absolute Gasteiger partial charge is 0.301 e. The van der Waals surface area contributed by atoms with Crippen molar-refractivity contribution in [2.24, 2.45) is 0 Å². The second-order valence-corrected chi connectivity index (χ2v) is 8.37.